The predicted molar refractivity (Wildman–Crippen MR) is 40.7 cm³/mol. The monoisotopic (exact) mass is 118 g/mol. The molecular weight excluding hydrogens is 100 g/mol. The molecule has 0 bridgehead atoms. The van der Waals surface area contributed by atoms with E-state index < -0.39 is 0 Å². The normalized spacial score (nSPS) is 8.57. The molecule has 0 aromatic heterocycles. The largest absolute Gasteiger partial charge is 0.0776 e. The van der Waals surface area contributed by atoms with Gasteiger partial charge in [-0.2, -0.15) is 0 Å². The van der Waals surface area contributed by atoms with E-state index in [1.165, 1.54) is 12.5 Å². The second kappa shape index (κ2) is 6.22. The third-order valence-corrected chi connectivity index (χ3v) is 2.60. The van der Waals surface area contributed by atoms with Gasteiger partial charge in [0.05, 0.1) is 0 Å². The van der Waals surface area contributed by atoms with E-state index in [9.17, 15) is 0 Å². The third-order valence-electron chi connectivity index (χ3n) is 0.866. The molecule has 0 saturated heterocycles. The Hall–Kier alpha value is 0.217. The van der Waals surface area contributed by atoms with Crippen LogP contribution in [0.1, 0.15) is 20.8 Å². The van der Waals surface area contributed by atoms with Crippen LogP contribution in [0.3, 0.4) is 0 Å². The minimum absolute atomic E-state index is 0. The number of rotatable bonds is 2. The summed E-state index contributed by atoms with van der Waals surface area (Å²) in [6.45, 7) is 7.04. The number of hydrogen-bond acceptors (Lipinski definition) is 0. The fourth-order valence-electron chi connectivity index (χ4n) is 0.577. The van der Waals surface area contributed by atoms with Gasteiger partial charge in [-0.1, -0.05) is 39.9 Å². The van der Waals surface area contributed by atoms with Crippen molar-refractivity contribution in [3.63, 3.8) is 0 Å². The van der Waals surface area contributed by atoms with Crippen molar-refractivity contribution in [1.29, 1.82) is 0 Å². The molecule has 0 N–H and O–H groups in total. The van der Waals surface area contributed by atoms with Gasteiger partial charge in [-0.05, 0) is 0 Å². The average Bonchev–Trinajstić information content (AvgIpc) is 1.35. The van der Waals surface area contributed by atoms with Crippen LogP contribution in [0.5, 0.6) is 0 Å². The molecule has 1 heteroatoms. The lowest BCUT2D eigenvalue weighted by Crippen LogP contribution is -1.95. The van der Waals surface area contributed by atoms with E-state index in [1.807, 2.05) is 0 Å². The smallest absolute Gasteiger partial charge is 0.0305 e. The van der Waals surface area contributed by atoms with Crippen LogP contribution in [0.15, 0.2) is 0 Å². The molecule has 0 fully saturated rings. The van der Waals surface area contributed by atoms with Crippen molar-refractivity contribution in [2.24, 2.45) is 0 Å². The van der Waals surface area contributed by atoms with Crippen molar-refractivity contribution >= 4 is 8.80 Å². The predicted octanol–water partition coefficient (Wildman–Crippen LogP) is 2.52. The molecule has 0 saturated carbocycles. The first kappa shape index (κ1) is 10.2. The fourth-order valence-corrected chi connectivity index (χ4v) is 1.73. The van der Waals surface area contributed by atoms with Gasteiger partial charge in [0.15, 0.2) is 0 Å². The second-order valence-corrected chi connectivity index (χ2v) is 5.55. The zero-order valence-electron chi connectivity index (χ0n) is 4.99. The Morgan fingerprint density at radius 1 is 1.29 bits per heavy atom. The summed E-state index contributed by atoms with van der Waals surface area (Å²) in [5.41, 5.74) is 0. The van der Waals surface area contributed by atoms with Gasteiger partial charge in [0.25, 0.3) is 0 Å². The molecule has 0 nitrogen and oxygen atoms in total. The van der Waals surface area contributed by atoms with E-state index in [0.717, 1.165) is 0 Å². The molecule has 0 aliphatic rings. The maximum absolute atomic E-state index is 2.39. The molecule has 7 heavy (non-hydrogen) atoms. The van der Waals surface area contributed by atoms with Gasteiger partial charge in [-0.3, -0.25) is 0 Å². The van der Waals surface area contributed by atoms with Crippen molar-refractivity contribution in [3.05, 3.63) is 0 Å². The highest BCUT2D eigenvalue weighted by atomic mass is 28.3. The van der Waals surface area contributed by atoms with Gasteiger partial charge >= 0.3 is 0 Å². The van der Waals surface area contributed by atoms with Crippen LogP contribution in [-0.4, -0.2) is 8.80 Å². The van der Waals surface area contributed by atoms with Crippen LogP contribution < -0.4 is 0 Å². The molecule has 0 unspecified atom stereocenters. The van der Waals surface area contributed by atoms with E-state index in [0.29, 0.717) is 0 Å². The molecule has 0 aromatic rings. The first-order chi connectivity index (χ1) is 2.77. The molecule has 0 atom stereocenters. The maximum atomic E-state index is 2.39. The molecule has 0 heterocycles. The van der Waals surface area contributed by atoms with E-state index >= 15 is 0 Å². The van der Waals surface area contributed by atoms with Crippen molar-refractivity contribution in [2.45, 2.75) is 39.9 Å². The Labute approximate surface area is 49.5 Å². The summed E-state index contributed by atoms with van der Waals surface area (Å²) in [4.78, 5) is 0. The molecule has 0 aliphatic heterocycles. The standard InChI is InChI=1S/C5H14Si.CH4/c1-4-5-6(2)3;/h6H,4-5H2,1-3H3;1H4. The van der Waals surface area contributed by atoms with Gasteiger partial charge in [0.2, 0.25) is 0 Å². The summed E-state index contributed by atoms with van der Waals surface area (Å²) < 4.78 is 0. The highest BCUT2D eigenvalue weighted by Gasteiger charge is 1.88. The highest BCUT2D eigenvalue weighted by Crippen LogP contribution is 1.92. The Morgan fingerprint density at radius 3 is 1.71 bits per heavy atom. The summed E-state index contributed by atoms with van der Waals surface area (Å²) in [7, 11) is -0.171. The molecule has 0 spiro atoms. The van der Waals surface area contributed by atoms with Crippen molar-refractivity contribution in [1.82, 2.24) is 0 Å². The Balaban J connectivity index is 0. The maximum Gasteiger partial charge on any atom is 0.0305 e. The quantitative estimate of drug-likeness (QED) is 0.489. The minimum atomic E-state index is -0.171. The minimum Gasteiger partial charge on any atom is -0.0776 e. The first-order valence-corrected chi connectivity index (χ1v) is 5.90. The van der Waals surface area contributed by atoms with E-state index in [4.69, 9.17) is 0 Å². The Bertz CT molecular complexity index is 25.4. The van der Waals surface area contributed by atoms with Crippen LogP contribution >= 0.6 is 0 Å². The lowest BCUT2D eigenvalue weighted by atomic mass is 10.6. The lowest BCUT2D eigenvalue weighted by molar-refractivity contribution is 1.06. The fraction of sp³-hybridized carbons (Fsp3) is 1.00. The van der Waals surface area contributed by atoms with Crippen LogP contribution in [0, 0.1) is 0 Å². The van der Waals surface area contributed by atoms with Crippen molar-refractivity contribution in [3.8, 4) is 0 Å². The molecule has 0 radical (unpaired) electrons. The SMILES string of the molecule is C.CCC[SiH](C)C. The van der Waals surface area contributed by atoms with Gasteiger partial charge in [-0.15, -0.1) is 0 Å². The van der Waals surface area contributed by atoms with Gasteiger partial charge in [-0.25, -0.2) is 0 Å². The first-order valence-electron chi connectivity index (χ1n) is 2.77. The van der Waals surface area contributed by atoms with E-state index in [-0.39, 0.29) is 16.2 Å². The zero-order chi connectivity index (χ0) is 4.99. The van der Waals surface area contributed by atoms with Crippen LogP contribution in [-0.2, 0) is 0 Å². The van der Waals surface area contributed by atoms with Crippen molar-refractivity contribution in [2.75, 3.05) is 0 Å². The van der Waals surface area contributed by atoms with Crippen LogP contribution in [0.4, 0.5) is 0 Å². The van der Waals surface area contributed by atoms with Gasteiger partial charge in [0, 0.05) is 8.80 Å². The lowest BCUT2D eigenvalue weighted by Gasteiger charge is -1.93. The van der Waals surface area contributed by atoms with Gasteiger partial charge in [0.1, 0.15) is 0 Å². The Morgan fingerprint density at radius 2 is 1.71 bits per heavy atom. The highest BCUT2D eigenvalue weighted by molar-refractivity contribution is 6.55. The average molecular weight is 118 g/mol. The summed E-state index contributed by atoms with van der Waals surface area (Å²) in [5, 5.41) is 0. The molecular formula is C6H18Si. The molecule has 0 aromatic carbocycles. The van der Waals surface area contributed by atoms with E-state index in [2.05, 4.69) is 20.0 Å². The van der Waals surface area contributed by atoms with Gasteiger partial charge < -0.3 is 0 Å². The van der Waals surface area contributed by atoms with Crippen molar-refractivity contribution < 1.29 is 0 Å². The molecule has 46 valence electrons. The summed E-state index contributed by atoms with van der Waals surface area (Å²) >= 11 is 0. The van der Waals surface area contributed by atoms with Crippen LogP contribution in [0.25, 0.3) is 0 Å². The topological polar surface area (TPSA) is 0 Å². The number of hydrogen-bond donors (Lipinski definition) is 0. The Kier molecular flexibility index (Phi) is 9.10. The molecule has 0 amide bonds. The summed E-state index contributed by atoms with van der Waals surface area (Å²) in [5.74, 6) is 0. The molecule has 0 aliphatic carbocycles. The summed E-state index contributed by atoms with van der Waals surface area (Å²) in [6, 6.07) is 1.51. The molecule has 0 rings (SSSR count). The zero-order valence-corrected chi connectivity index (χ0v) is 6.15. The van der Waals surface area contributed by atoms with E-state index in [1.54, 1.807) is 0 Å². The third kappa shape index (κ3) is 10.7. The van der Waals surface area contributed by atoms with Crippen LogP contribution in [0.2, 0.25) is 19.1 Å². The summed E-state index contributed by atoms with van der Waals surface area (Å²) in [6.07, 6.45) is 1.39. The second-order valence-electron chi connectivity index (χ2n) is 2.18.